The first-order chi connectivity index (χ1) is 12.2. The third kappa shape index (κ3) is 3.45. The molecule has 1 fully saturated rings. The lowest BCUT2D eigenvalue weighted by molar-refractivity contribution is -0.0438. The first kappa shape index (κ1) is 18.8. The van der Waals surface area contributed by atoms with E-state index in [0.29, 0.717) is 13.0 Å². The molecule has 1 saturated heterocycles. The zero-order valence-corrected chi connectivity index (χ0v) is 14.9. The summed E-state index contributed by atoms with van der Waals surface area (Å²) in [4.78, 5) is 21.7. The van der Waals surface area contributed by atoms with Crippen molar-refractivity contribution in [3.63, 3.8) is 0 Å². The molecule has 26 heavy (non-hydrogen) atoms. The van der Waals surface area contributed by atoms with Crippen molar-refractivity contribution in [3.8, 4) is 0 Å². The number of nitrogens with zero attached hydrogens (tertiary/aromatic N) is 3. The Bertz CT molecular complexity index is 898. The van der Waals surface area contributed by atoms with E-state index in [4.69, 9.17) is 0 Å². The van der Waals surface area contributed by atoms with Crippen LogP contribution < -0.4 is 0 Å². The van der Waals surface area contributed by atoms with Crippen LogP contribution in [0.1, 0.15) is 34.1 Å². The molecule has 0 aromatic carbocycles. The Labute approximate surface area is 151 Å². The van der Waals surface area contributed by atoms with E-state index in [0.717, 1.165) is 23.7 Å². The predicted molar refractivity (Wildman–Crippen MR) is 87.5 cm³/mol. The quantitative estimate of drug-likeness (QED) is 0.785. The van der Waals surface area contributed by atoms with E-state index in [9.17, 15) is 26.4 Å². The first-order valence-electron chi connectivity index (χ1n) is 7.67. The van der Waals surface area contributed by atoms with Gasteiger partial charge in [0.1, 0.15) is 0 Å². The van der Waals surface area contributed by atoms with Gasteiger partial charge in [0.15, 0.2) is 5.03 Å². The smallest absolute Gasteiger partial charge is 0.338 e. The number of hydrogen-bond donors (Lipinski definition) is 0. The second-order valence-corrected chi connectivity index (χ2v) is 8.55. The van der Waals surface area contributed by atoms with E-state index in [1.165, 1.54) is 22.3 Å². The van der Waals surface area contributed by atoms with Crippen molar-refractivity contribution in [2.75, 3.05) is 13.1 Å². The Balaban J connectivity index is 1.91. The van der Waals surface area contributed by atoms with Crippen LogP contribution in [0.2, 0.25) is 0 Å². The molecule has 140 valence electrons. The highest BCUT2D eigenvalue weighted by Crippen LogP contribution is 2.33. The van der Waals surface area contributed by atoms with Gasteiger partial charge < -0.3 is 4.90 Å². The molecular formula is C15H14F3N3O3S2. The van der Waals surface area contributed by atoms with Crippen LogP contribution in [0.3, 0.4) is 0 Å². The molecule has 3 heterocycles. The molecule has 0 spiro atoms. The van der Waals surface area contributed by atoms with Gasteiger partial charge in [-0.2, -0.15) is 13.2 Å². The van der Waals surface area contributed by atoms with Gasteiger partial charge in [-0.3, -0.25) is 4.79 Å². The number of halogens is 3. The summed E-state index contributed by atoms with van der Waals surface area (Å²) in [7, 11) is -5.72. The number of amides is 1. The number of likely N-dealkylation sites (tertiary alicyclic amines) is 1. The highest BCUT2D eigenvalue weighted by atomic mass is 32.2. The van der Waals surface area contributed by atoms with Crippen molar-refractivity contribution in [3.05, 3.63) is 40.5 Å². The summed E-state index contributed by atoms with van der Waals surface area (Å²) in [6.45, 7) is 0.605. The van der Waals surface area contributed by atoms with E-state index in [2.05, 4.69) is 9.97 Å². The number of carbonyl (C=O) groups is 1. The molecule has 1 unspecified atom stereocenters. The Morgan fingerprint density at radius 2 is 2.04 bits per heavy atom. The Hall–Kier alpha value is -2.01. The fraction of sp³-hybridized carbons (Fsp3) is 0.400. The van der Waals surface area contributed by atoms with Crippen molar-refractivity contribution >= 4 is 27.1 Å². The Kier molecular flexibility index (Phi) is 5.02. The van der Waals surface area contributed by atoms with Crippen LogP contribution in [0.15, 0.2) is 34.9 Å². The zero-order valence-electron chi connectivity index (χ0n) is 13.3. The summed E-state index contributed by atoms with van der Waals surface area (Å²) < 4.78 is 62.2. The third-order valence-electron chi connectivity index (χ3n) is 4.07. The lowest BCUT2D eigenvalue weighted by Gasteiger charge is -2.32. The van der Waals surface area contributed by atoms with Crippen molar-refractivity contribution in [1.29, 1.82) is 0 Å². The molecule has 2 aromatic rings. The summed E-state index contributed by atoms with van der Waals surface area (Å²) in [5.41, 5.74) is -6.09. The van der Waals surface area contributed by atoms with Crippen LogP contribution >= 0.6 is 11.3 Å². The van der Waals surface area contributed by atoms with Crippen molar-refractivity contribution < 1.29 is 26.4 Å². The summed E-state index contributed by atoms with van der Waals surface area (Å²) in [5.74, 6) is -0.797. The fourth-order valence-electron chi connectivity index (χ4n) is 2.85. The Morgan fingerprint density at radius 3 is 2.69 bits per heavy atom. The van der Waals surface area contributed by atoms with Crippen molar-refractivity contribution in [1.82, 2.24) is 14.9 Å². The monoisotopic (exact) mass is 405 g/mol. The van der Waals surface area contributed by atoms with Crippen LogP contribution in [-0.4, -0.2) is 47.8 Å². The summed E-state index contributed by atoms with van der Waals surface area (Å²) in [6, 6.07) is 2.30. The lowest BCUT2D eigenvalue weighted by Crippen LogP contribution is -2.40. The summed E-state index contributed by atoms with van der Waals surface area (Å²) in [6.07, 6.45) is 4.02. The maximum absolute atomic E-state index is 12.9. The minimum Gasteiger partial charge on any atom is -0.338 e. The SMILES string of the molecule is O=C(c1cccnc1S(=O)(=O)C(F)(F)F)N1CCCC(c2nccs2)C1. The maximum atomic E-state index is 12.9. The molecule has 0 radical (unpaired) electrons. The normalized spacial score (nSPS) is 18.7. The minimum atomic E-state index is -5.72. The number of aromatic nitrogens is 2. The minimum absolute atomic E-state index is 0.0213. The van der Waals surface area contributed by atoms with Gasteiger partial charge in [0.25, 0.3) is 15.7 Å². The van der Waals surface area contributed by atoms with E-state index in [1.807, 2.05) is 5.38 Å². The number of thiazole rings is 1. The first-order valence-corrected chi connectivity index (χ1v) is 10.0. The zero-order chi connectivity index (χ0) is 18.9. The predicted octanol–water partition coefficient (Wildman–Crippen LogP) is 2.85. The molecule has 0 aliphatic carbocycles. The number of piperidine rings is 1. The average Bonchev–Trinajstić information content (AvgIpc) is 3.15. The number of sulfone groups is 1. The maximum Gasteiger partial charge on any atom is 0.503 e. The van der Waals surface area contributed by atoms with Gasteiger partial charge in [-0.05, 0) is 25.0 Å². The molecule has 2 aromatic heterocycles. The molecule has 6 nitrogen and oxygen atoms in total. The standard InChI is InChI=1S/C15H14F3N3O3S2/c16-15(17,18)26(23,24)13-11(4-1-5-20-13)14(22)21-7-2-3-10(9-21)12-19-6-8-25-12/h1,4-6,8,10H,2-3,7,9H2. The molecule has 0 bridgehead atoms. The number of pyridine rings is 1. The number of carbonyl (C=O) groups excluding carboxylic acids is 1. The van der Waals surface area contributed by atoms with Crippen molar-refractivity contribution in [2.45, 2.75) is 29.3 Å². The summed E-state index contributed by atoms with van der Waals surface area (Å²) >= 11 is 1.44. The fourth-order valence-corrected chi connectivity index (χ4v) is 4.48. The van der Waals surface area contributed by atoms with E-state index in [-0.39, 0.29) is 12.5 Å². The van der Waals surface area contributed by atoms with Gasteiger partial charge in [-0.1, -0.05) is 0 Å². The van der Waals surface area contributed by atoms with Gasteiger partial charge in [0.05, 0.1) is 10.6 Å². The van der Waals surface area contributed by atoms with Crippen LogP contribution in [-0.2, 0) is 9.84 Å². The molecule has 1 aliphatic heterocycles. The van der Waals surface area contributed by atoms with Crippen LogP contribution in [0.4, 0.5) is 13.2 Å². The van der Waals surface area contributed by atoms with Crippen molar-refractivity contribution in [2.24, 2.45) is 0 Å². The van der Waals surface area contributed by atoms with Crippen LogP contribution in [0, 0.1) is 0 Å². The molecule has 1 amide bonds. The van der Waals surface area contributed by atoms with Gasteiger partial charge in [-0.25, -0.2) is 18.4 Å². The molecule has 1 aliphatic rings. The van der Waals surface area contributed by atoms with Gasteiger partial charge in [-0.15, -0.1) is 11.3 Å². The third-order valence-corrected chi connectivity index (χ3v) is 6.45. The topological polar surface area (TPSA) is 80.2 Å². The number of rotatable bonds is 3. The molecular weight excluding hydrogens is 391 g/mol. The highest BCUT2D eigenvalue weighted by Gasteiger charge is 2.49. The largest absolute Gasteiger partial charge is 0.503 e. The number of alkyl halides is 3. The molecule has 11 heteroatoms. The lowest BCUT2D eigenvalue weighted by atomic mass is 9.98. The van der Waals surface area contributed by atoms with Crippen LogP contribution in [0.5, 0.6) is 0 Å². The van der Waals surface area contributed by atoms with Crippen LogP contribution in [0.25, 0.3) is 0 Å². The Morgan fingerprint density at radius 1 is 1.27 bits per heavy atom. The summed E-state index contributed by atoms with van der Waals surface area (Å²) in [5, 5.41) is 1.40. The van der Waals surface area contributed by atoms with E-state index >= 15 is 0 Å². The van der Waals surface area contributed by atoms with Gasteiger partial charge in [0, 0.05) is 36.8 Å². The van der Waals surface area contributed by atoms with Gasteiger partial charge in [0.2, 0.25) is 0 Å². The molecule has 1 atom stereocenters. The molecule has 3 rings (SSSR count). The van der Waals surface area contributed by atoms with E-state index < -0.39 is 31.8 Å². The average molecular weight is 405 g/mol. The molecule has 0 N–H and O–H groups in total. The molecule has 0 saturated carbocycles. The van der Waals surface area contributed by atoms with E-state index in [1.54, 1.807) is 6.20 Å². The second kappa shape index (κ2) is 6.95. The van der Waals surface area contributed by atoms with Gasteiger partial charge >= 0.3 is 5.51 Å². The highest BCUT2D eigenvalue weighted by molar-refractivity contribution is 7.92. The second-order valence-electron chi connectivity index (χ2n) is 5.77. The number of hydrogen-bond acceptors (Lipinski definition) is 6.